The molecule has 2 aromatic carbocycles. The summed E-state index contributed by atoms with van der Waals surface area (Å²) in [5, 5.41) is 9.58. The maximum absolute atomic E-state index is 13.2. The zero-order chi connectivity index (χ0) is 27.0. The summed E-state index contributed by atoms with van der Waals surface area (Å²) >= 11 is 0. The Kier molecular flexibility index (Phi) is 7.90. The second kappa shape index (κ2) is 10.6. The average Bonchev–Trinajstić information content (AvgIpc) is 3.37. The quantitative estimate of drug-likeness (QED) is 0.405. The van der Waals surface area contributed by atoms with E-state index < -0.39 is 47.5 Å². The molecule has 0 bridgehead atoms. The highest BCUT2D eigenvalue weighted by atomic mass is 19.4. The molecule has 202 valence electrons. The number of hydrogen-bond acceptors (Lipinski definition) is 3. The van der Waals surface area contributed by atoms with Crippen molar-refractivity contribution in [2.24, 2.45) is 11.8 Å². The molecule has 2 unspecified atom stereocenters. The fourth-order valence-corrected chi connectivity index (χ4v) is 5.56. The van der Waals surface area contributed by atoms with Crippen LogP contribution in [0.2, 0.25) is 0 Å². The van der Waals surface area contributed by atoms with Crippen LogP contribution in [0.5, 0.6) is 0 Å². The van der Waals surface area contributed by atoms with Crippen molar-refractivity contribution < 1.29 is 41.0 Å². The lowest BCUT2D eigenvalue weighted by Crippen LogP contribution is -2.45. The predicted octanol–water partition coefficient (Wildman–Crippen LogP) is 7.12. The number of piperidine rings is 1. The smallest absolute Gasteiger partial charge is 0.416 e. The minimum atomic E-state index is -4.49. The van der Waals surface area contributed by atoms with E-state index in [2.05, 4.69) is 4.90 Å². The third-order valence-electron chi connectivity index (χ3n) is 7.66. The van der Waals surface area contributed by atoms with Gasteiger partial charge in [0.2, 0.25) is 0 Å². The van der Waals surface area contributed by atoms with E-state index >= 15 is 0 Å². The average molecular weight is 530 g/mol. The monoisotopic (exact) mass is 529 g/mol. The van der Waals surface area contributed by atoms with E-state index in [0.29, 0.717) is 43.5 Å². The van der Waals surface area contributed by atoms with Gasteiger partial charge in [0.1, 0.15) is 0 Å². The van der Waals surface area contributed by atoms with Crippen molar-refractivity contribution in [2.75, 3.05) is 13.2 Å². The molecule has 2 aromatic rings. The van der Waals surface area contributed by atoms with E-state index in [1.165, 1.54) is 24.3 Å². The SMILES string of the molecule is CC(C(=O)O)[C@@H]1CCN(C(c2ccc(C(F)(F)F)cc2)[C@H]2CCCO2)[C@H](c2ccc(C(F)(F)F)cc2)C1. The lowest BCUT2D eigenvalue weighted by atomic mass is 9.78. The first-order chi connectivity index (χ1) is 17.4. The number of likely N-dealkylation sites (tertiary alicyclic amines) is 1. The van der Waals surface area contributed by atoms with Gasteiger partial charge in [-0.15, -0.1) is 0 Å². The van der Waals surface area contributed by atoms with E-state index in [1.54, 1.807) is 6.92 Å². The molecule has 10 heteroatoms. The van der Waals surface area contributed by atoms with Gasteiger partial charge in [-0.3, -0.25) is 9.69 Å². The third-order valence-corrected chi connectivity index (χ3v) is 7.66. The lowest BCUT2D eigenvalue weighted by Gasteiger charge is -2.46. The van der Waals surface area contributed by atoms with Gasteiger partial charge >= 0.3 is 18.3 Å². The van der Waals surface area contributed by atoms with Gasteiger partial charge in [0.15, 0.2) is 0 Å². The molecule has 2 aliphatic rings. The molecule has 1 N–H and O–H groups in total. The summed E-state index contributed by atoms with van der Waals surface area (Å²) in [6.45, 7) is 2.57. The molecular weight excluding hydrogens is 500 g/mol. The maximum atomic E-state index is 13.2. The van der Waals surface area contributed by atoms with Crippen LogP contribution in [0.25, 0.3) is 0 Å². The Hall–Kier alpha value is -2.59. The van der Waals surface area contributed by atoms with Crippen molar-refractivity contribution in [3.63, 3.8) is 0 Å². The number of rotatable bonds is 6. The third kappa shape index (κ3) is 6.12. The highest BCUT2D eigenvalue weighted by molar-refractivity contribution is 5.69. The fourth-order valence-electron chi connectivity index (χ4n) is 5.56. The van der Waals surface area contributed by atoms with E-state index in [1.807, 2.05) is 0 Å². The molecule has 2 heterocycles. The summed E-state index contributed by atoms with van der Waals surface area (Å²) in [5.41, 5.74) is -0.324. The Morgan fingerprint density at radius 2 is 1.51 bits per heavy atom. The Bertz CT molecular complexity index is 1060. The Morgan fingerprint density at radius 1 is 0.946 bits per heavy atom. The van der Waals surface area contributed by atoms with Crippen molar-refractivity contribution in [3.05, 3.63) is 70.8 Å². The van der Waals surface area contributed by atoms with Crippen LogP contribution in [0.1, 0.15) is 66.9 Å². The number of alkyl halides is 6. The molecule has 0 amide bonds. The number of carbonyl (C=O) groups is 1. The number of halogens is 6. The Morgan fingerprint density at radius 3 is 2.00 bits per heavy atom. The van der Waals surface area contributed by atoms with E-state index in [4.69, 9.17) is 4.74 Å². The molecule has 2 fully saturated rings. The van der Waals surface area contributed by atoms with Crippen LogP contribution in [-0.2, 0) is 21.9 Å². The number of carboxylic acid groups (broad SMARTS) is 1. The van der Waals surface area contributed by atoms with Gasteiger partial charge in [-0.1, -0.05) is 31.2 Å². The molecule has 0 aromatic heterocycles. The summed E-state index contributed by atoms with van der Waals surface area (Å²) in [5.74, 6) is -1.80. The van der Waals surface area contributed by atoms with Crippen LogP contribution in [-0.4, -0.2) is 35.2 Å². The molecule has 4 nitrogen and oxygen atoms in total. The van der Waals surface area contributed by atoms with Gasteiger partial charge in [-0.05, 0) is 73.5 Å². The Balaban J connectivity index is 1.73. The van der Waals surface area contributed by atoms with Crippen molar-refractivity contribution in [3.8, 4) is 0 Å². The van der Waals surface area contributed by atoms with Crippen LogP contribution < -0.4 is 0 Å². The van der Waals surface area contributed by atoms with Gasteiger partial charge in [0.05, 0.1) is 29.2 Å². The summed E-state index contributed by atoms with van der Waals surface area (Å²) in [4.78, 5) is 13.8. The largest absolute Gasteiger partial charge is 0.481 e. The first-order valence-electron chi connectivity index (χ1n) is 12.3. The minimum Gasteiger partial charge on any atom is -0.481 e. The van der Waals surface area contributed by atoms with E-state index in [0.717, 1.165) is 30.7 Å². The van der Waals surface area contributed by atoms with Crippen molar-refractivity contribution in [1.29, 1.82) is 0 Å². The molecule has 0 radical (unpaired) electrons. The summed E-state index contributed by atoms with van der Waals surface area (Å²) in [7, 11) is 0. The molecule has 37 heavy (non-hydrogen) atoms. The summed E-state index contributed by atoms with van der Waals surface area (Å²) < 4.78 is 85.1. The van der Waals surface area contributed by atoms with Crippen molar-refractivity contribution >= 4 is 5.97 Å². The highest BCUT2D eigenvalue weighted by Gasteiger charge is 2.42. The van der Waals surface area contributed by atoms with E-state index in [9.17, 15) is 36.2 Å². The first-order valence-corrected chi connectivity index (χ1v) is 12.3. The fraction of sp³-hybridized carbons (Fsp3) is 0.519. The molecule has 2 saturated heterocycles. The van der Waals surface area contributed by atoms with Gasteiger partial charge in [-0.25, -0.2) is 0 Å². The zero-order valence-corrected chi connectivity index (χ0v) is 20.2. The van der Waals surface area contributed by atoms with Crippen LogP contribution in [0.15, 0.2) is 48.5 Å². The summed E-state index contributed by atoms with van der Waals surface area (Å²) in [6.07, 6.45) is -6.87. The molecular formula is C27H29F6NO3. The second-order valence-electron chi connectivity index (χ2n) is 9.90. The van der Waals surface area contributed by atoms with Crippen molar-refractivity contribution in [2.45, 2.75) is 63.1 Å². The lowest BCUT2D eigenvalue weighted by molar-refractivity contribution is -0.144. The van der Waals surface area contributed by atoms with Gasteiger partial charge < -0.3 is 9.84 Å². The number of hydrogen-bond donors (Lipinski definition) is 1. The van der Waals surface area contributed by atoms with Crippen LogP contribution in [0.4, 0.5) is 26.3 Å². The molecule has 5 atom stereocenters. The maximum Gasteiger partial charge on any atom is 0.416 e. The number of benzene rings is 2. The summed E-state index contributed by atoms with van der Waals surface area (Å²) in [6, 6.07) is 8.91. The second-order valence-corrected chi connectivity index (χ2v) is 9.90. The van der Waals surface area contributed by atoms with Crippen LogP contribution >= 0.6 is 0 Å². The van der Waals surface area contributed by atoms with Crippen LogP contribution in [0.3, 0.4) is 0 Å². The highest BCUT2D eigenvalue weighted by Crippen LogP contribution is 2.46. The normalized spacial score (nSPS) is 25.1. The van der Waals surface area contributed by atoms with E-state index in [-0.39, 0.29) is 12.0 Å². The Labute approximate surface area is 211 Å². The molecule has 0 spiro atoms. The molecule has 0 saturated carbocycles. The van der Waals surface area contributed by atoms with Gasteiger partial charge in [0, 0.05) is 12.6 Å². The van der Waals surface area contributed by atoms with Gasteiger partial charge in [0.25, 0.3) is 0 Å². The number of carboxylic acids is 1. The predicted molar refractivity (Wildman–Crippen MR) is 124 cm³/mol. The minimum absolute atomic E-state index is 0.209. The number of ether oxygens (including phenoxy) is 1. The standard InChI is InChI=1S/C27H29F6NO3/c1-16(25(35)36)19-12-13-34(22(15-19)17-4-8-20(9-5-17)26(28,29)30)24(23-3-2-14-37-23)18-6-10-21(11-7-18)27(31,32)33/h4-11,16,19,22-24H,2-3,12-15H2,1H3,(H,35,36)/t16?,19-,22+,23-,24?/m1/s1. The topological polar surface area (TPSA) is 49.8 Å². The van der Waals surface area contributed by atoms with Crippen LogP contribution in [0, 0.1) is 11.8 Å². The van der Waals surface area contributed by atoms with Gasteiger partial charge in [-0.2, -0.15) is 26.3 Å². The van der Waals surface area contributed by atoms with Crippen molar-refractivity contribution in [1.82, 2.24) is 4.90 Å². The molecule has 2 aliphatic heterocycles. The first kappa shape index (κ1) is 27.4. The number of nitrogens with zero attached hydrogens (tertiary/aromatic N) is 1. The molecule has 0 aliphatic carbocycles. The molecule has 4 rings (SSSR count). The zero-order valence-electron chi connectivity index (χ0n) is 20.2. The number of aliphatic carboxylic acids is 1.